The average molecular weight is 188 g/mol. The summed E-state index contributed by atoms with van der Waals surface area (Å²) in [5, 5.41) is -0.0885. The minimum absolute atomic E-state index is 0.0885. The third-order valence-electron chi connectivity index (χ3n) is 1.47. The molecule has 0 saturated carbocycles. The summed E-state index contributed by atoms with van der Waals surface area (Å²) in [4.78, 5) is 10.9. The molecule has 2 nitrogen and oxygen atoms in total. The van der Waals surface area contributed by atoms with Crippen molar-refractivity contribution >= 4 is 23.1 Å². The molecule has 12 heavy (non-hydrogen) atoms. The molecule has 0 heterocycles. The van der Waals surface area contributed by atoms with Crippen molar-refractivity contribution in [1.82, 2.24) is 0 Å². The van der Waals surface area contributed by atoms with Crippen LogP contribution in [0.25, 0.3) is 0 Å². The molecule has 0 saturated heterocycles. The second kappa shape index (κ2) is 3.11. The number of rotatable bonds is 1. The van der Waals surface area contributed by atoms with E-state index in [0.717, 1.165) is 6.07 Å². The largest absolute Gasteiger partial charge is 0.398 e. The summed E-state index contributed by atoms with van der Waals surface area (Å²) in [7, 11) is 0. The van der Waals surface area contributed by atoms with Crippen LogP contribution in [0.2, 0.25) is 5.02 Å². The molecule has 0 fully saturated rings. The van der Waals surface area contributed by atoms with E-state index in [0.29, 0.717) is 0 Å². The van der Waals surface area contributed by atoms with E-state index in [1.165, 1.54) is 13.0 Å². The third-order valence-corrected chi connectivity index (χ3v) is 1.76. The van der Waals surface area contributed by atoms with Crippen LogP contribution >= 0.6 is 11.6 Å². The maximum absolute atomic E-state index is 12.7. The lowest BCUT2D eigenvalue weighted by Gasteiger charge is -2.02. The van der Waals surface area contributed by atoms with Crippen molar-refractivity contribution in [2.45, 2.75) is 6.92 Å². The van der Waals surface area contributed by atoms with Gasteiger partial charge in [-0.2, -0.15) is 0 Å². The molecule has 0 spiro atoms. The molecule has 64 valence electrons. The van der Waals surface area contributed by atoms with Crippen LogP contribution in [0.1, 0.15) is 17.3 Å². The zero-order valence-electron chi connectivity index (χ0n) is 6.40. The Morgan fingerprint density at radius 2 is 2.17 bits per heavy atom. The molecular weight excluding hydrogens is 181 g/mol. The van der Waals surface area contributed by atoms with Gasteiger partial charge in [0.05, 0.1) is 5.02 Å². The molecule has 1 aromatic carbocycles. The second-order valence-corrected chi connectivity index (χ2v) is 2.82. The normalized spacial score (nSPS) is 9.92. The van der Waals surface area contributed by atoms with Crippen LogP contribution < -0.4 is 5.73 Å². The monoisotopic (exact) mass is 187 g/mol. The summed E-state index contributed by atoms with van der Waals surface area (Å²) < 4.78 is 12.7. The summed E-state index contributed by atoms with van der Waals surface area (Å²) in [5.41, 5.74) is 5.74. The number of anilines is 1. The van der Waals surface area contributed by atoms with Crippen molar-refractivity contribution in [1.29, 1.82) is 0 Å². The van der Waals surface area contributed by atoms with Crippen molar-refractivity contribution in [3.63, 3.8) is 0 Å². The van der Waals surface area contributed by atoms with Gasteiger partial charge >= 0.3 is 0 Å². The number of benzene rings is 1. The standard InChI is InChI=1S/C8H7ClFNO/c1-4(12)5-2-6(9)7(10)3-8(5)11/h2-3H,11H2,1H3. The van der Waals surface area contributed by atoms with Gasteiger partial charge in [-0.1, -0.05) is 11.6 Å². The van der Waals surface area contributed by atoms with Crippen LogP contribution in [0.4, 0.5) is 10.1 Å². The van der Waals surface area contributed by atoms with Gasteiger partial charge in [0, 0.05) is 11.3 Å². The number of nitrogen functional groups attached to an aromatic ring is 1. The van der Waals surface area contributed by atoms with Gasteiger partial charge in [-0.05, 0) is 19.1 Å². The SMILES string of the molecule is CC(=O)c1cc(Cl)c(F)cc1N. The Hall–Kier alpha value is -1.09. The van der Waals surface area contributed by atoms with E-state index >= 15 is 0 Å². The van der Waals surface area contributed by atoms with E-state index in [4.69, 9.17) is 17.3 Å². The number of halogens is 2. The van der Waals surface area contributed by atoms with Gasteiger partial charge in [0.1, 0.15) is 5.82 Å². The van der Waals surface area contributed by atoms with Crippen molar-refractivity contribution in [3.05, 3.63) is 28.5 Å². The predicted octanol–water partition coefficient (Wildman–Crippen LogP) is 2.26. The minimum Gasteiger partial charge on any atom is -0.398 e. The molecule has 1 rings (SSSR count). The van der Waals surface area contributed by atoms with Gasteiger partial charge in [-0.15, -0.1) is 0 Å². The first kappa shape index (κ1) is 9.00. The molecule has 2 N–H and O–H groups in total. The summed E-state index contributed by atoms with van der Waals surface area (Å²) >= 11 is 5.45. The van der Waals surface area contributed by atoms with Gasteiger partial charge in [-0.25, -0.2) is 4.39 Å². The smallest absolute Gasteiger partial charge is 0.161 e. The molecule has 0 aliphatic heterocycles. The van der Waals surface area contributed by atoms with Gasteiger partial charge in [0.25, 0.3) is 0 Å². The topological polar surface area (TPSA) is 43.1 Å². The third kappa shape index (κ3) is 1.56. The fourth-order valence-corrected chi connectivity index (χ4v) is 1.03. The first-order chi connectivity index (χ1) is 5.52. The van der Waals surface area contributed by atoms with E-state index < -0.39 is 5.82 Å². The molecule has 0 aliphatic carbocycles. The lowest BCUT2D eigenvalue weighted by molar-refractivity contribution is 0.101. The van der Waals surface area contributed by atoms with Crippen LogP contribution in [-0.2, 0) is 0 Å². The highest BCUT2D eigenvalue weighted by molar-refractivity contribution is 6.31. The average Bonchev–Trinajstić information content (AvgIpc) is 1.96. The Morgan fingerprint density at radius 3 is 2.67 bits per heavy atom. The lowest BCUT2D eigenvalue weighted by atomic mass is 10.1. The molecule has 0 unspecified atom stereocenters. The first-order valence-electron chi connectivity index (χ1n) is 3.28. The number of hydrogen-bond donors (Lipinski definition) is 1. The Kier molecular flexibility index (Phi) is 2.33. The Balaban J connectivity index is 3.33. The molecule has 0 bridgehead atoms. The highest BCUT2D eigenvalue weighted by atomic mass is 35.5. The fraction of sp³-hybridized carbons (Fsp3) is 0.125. The summed E-state index contributed by atoms with van der Waals surface area (Å²) in [6.07, 6.45) is 0. The van der Waals surface area contributed by atoms with Crippen molar-refractivity contribution in [2.24, 2.45) is 0 Å². The van der Waals surface area contributed by atoms with E-state index in [-0.39, 0.29) is 22.1 Å². The van der Waals surface area contributed by atoms with Crippen molar-refractivity contribution in [3.8, 4) is 0 Å². The molecule has 0 radical (unpaired) electrons. The Morgan fingerprint density at radius 1 is 1.58 bits per heavy atom. The van der Waals surface area contributed by atoms with Crippen molar-refractivity contribution in [2.75, 3.05) is 5.73 Å². The number of carbonyl (C=O) groups is 1. The van der Waals surface area contributed by atoms with Gasteiger partial charge in [-0.3, -0.25) is 4.79 Å². The minimum atomic E-state index is -0.612. The van der Waals surface area contributed by atoms with Crippen LogP contribution in [-0.4, -0.2) is 5.78 Å². The van der Waals surface area contributed by atoms with Crippen molar-refractivity contribution < 1.29 is 9.18 Å². The number of hydrogen-bond acceptors (Lipinski definition) is 2. The Bertz CT molecular complexity index is 338. The lowest BCUT2D eigenvalue weighted by Crippen LogP contribution is -2.00. The van der Waals surface area contributed by atoms with Crippen LogP contribution in [0.5, 0.6) is 0 Å². The number of Topliss-reactive ketones (excluding diaryl/α,β-unsaturated/α-hetero) is 1. The maximum Gasteiger partial charge on any atom is 0.161 e. The van der Waals surface area contributed by atoms with E-state index in [2.05, 4.69) is 0 Å². The number of nitrogens with two attached hydrogens (primary N) is 1. The maximum atomic E-state index is 12.7. The first-order valence-corrected chi connectivity index (χ1v) is 3.65. The molecule has 1 aromatic rings. The summed E-state index contributed by atoms with van der Waals surface area (Å²) in [5.74, 6) is -0.839. The molecule has 0 aromatic heterocycles. The summed E-state index contributed by atoms with van der Waals surface area (Å²) in [6, 6.07) is 2.27. The van der Waals surface area contributed by atoms with Crippen LogP contribution in [0.15, 0.2) is 12.1 Å². The molecule has 0 amide bonds. The molecule has 0 atom stereocenters. The summed E-state index contributed by atoms with van der Waals surface area (Å²) in [6.45, 7) is 1.35. The van der Waals surface area contributed by atoms with Gasteiger partial charge in [0.15, 0.2) is 5.78 Å². The van der Waals surface area contributed by atoms with Gasteiger partial charge in [0.2, 0.25) is 0 Å². The number of ketones is 1. The quantitative estimate of drug-likeness (QED) is 0.541. The molecular formula is C8H7ClFNO. The van der Waals surface area contributed by atoms with E-state index in [1.54, 1.807) is 0 Å². The molecule has 4 heteroatoms. The highest BCUT2D eigenvalue weighted by Crippen LogP contribution is 2.22. The predicted molar refractivity (Wildman–Crippen MR) is 45.8 cm³/mol. The zero-order valence-corrected chi connectivity index (χ0v) is 7.15. The van der Waals surface area contributed by atoms with E-state index in [1.807, 2.05) is 0 Å². The molecule has 0 aliphatic rings. The van der Waals surface area contributed by atoms with Crippen LogP contribution in [0, 0.1) is 5.82 Å². The highest BCUT2D eigenvalue weighted by Gasteiger charge is 2.08. The van der Waals surface area contributed by atoms with Gasteiger partial charge < -0.3 is 5.73 Å². The van der Waals surface area contributed by atoms with E-state index in [9.17, 15) is 9.18 Å². The fourth-order valence-electron chi connectivity index (χ4n) is 0.867. The Labute approximate surface area is 74.1 Å². The number of carbonyl (C=O) groups excluding carboxylic acids is 1. The van der Waals surface area contributed by atoms with Crippen LogP contribution in [0.3, 0.4) is 0 Å². The second-order valence-electron chi connectivity index (χ2n) is 2.41. The zero-order chi connectivity index (χ0) is 9.30.